The third kappa shape index (κ3) is 12.7. The van der Waals surface area contributed by atoms with Gasteiger partial charge in [-0.15, -0.1) is 0 Å². The van der Waals surface area contributed by atoms with Crippen LogP contribution in [0.25, 0.3) is 0 Å². The molecule has 0 aromatic heterocycles. The second-order valence-corrected chi connectivity index (χ2v) is 3.09. The molecule has 1 rings (SSSR count). The van der Waals surface area contributed by atoms with Gasteiger partial charge in [0.1, 0.15) is 0 Å². The normalized spacial score (nSPS) is 7.73. The molecule has 15 heavy (non-hydrogen) atoms. The van der Waals surface area contributed by atoms with Gasteiger partial charge in [0, 0.05) is 0 Å². The third-order valence-electron chi connectivity index (χ3n) is 1.02. The average molecular weight is 210 g/mol. The number of rotatable bonds is 1. The minimum Gasteiger partial charge on any atom is -0.478 e. The van der Waals surface area contributed by atoms with Crippen molar-refractivity contribution in [3.8, 4) is 0 Å². The van der Waals surface area contributed by atoms with E-state index in [9.17, 15) is 4.79 Å². The Morgan fingerprint density at radius 1 is 1.00 bits per heavy atom. The Kier molecular flexibility index (Phi) is 13.6. The predicted octanol–water partition coefficient (Wildman–Crippen LogP) is 4.22. The number of carboxylic acids is 1. The Morgan fingerprint density at radius 3 is 1.53 bits per heavy atom. The smallest absolute Gasteiger partial charge is 0.335 e. The van der Waals surface area contributed by atoms with Crippen molar-refractivity contribution >= 4 is 5.97 Å². The number of benzene rings is 1. The first-order valence-corrected chi connectivity index (χ1v) is 5.42. The van der Waals surface area contributed by atoms with Crippen molar-refractivity contribution < 1.29 is 9.90 Å². The molecule has 1 aromatic carbocycles. The van der Waals surface area contributed by atoms with Gasteiger partial charge in [-0.2, -0.15) is 0 Å². The fourth-order valence-corrected chi connectivity index (χ4v) is 0.581. The van der Waals surface area contributed by atoms with Crippen LogP contribution < -0.4 is 0 Å². The molecule has 0 heterocycles. The first kappa shape index (κ1) is 16.1. The van der Waals surface area contributed by atoms with E-state index in [0.29, 0.717) is 5.56 Å². The number of hydrogen-bond acceptors (Lipinski definition) is 1. The van der Waals surface area contributed by atoms with Gasteiger partial charge in [-0.1, -0.05) is 58.7 Å². The van der Waals surface area contributed by atoms with E-state index in [4.69, 9.17) is 5.11 Å². The van der Waals surface area contributed by atoms with Crippen molar-refractivity contribution in [2.45, 2.75) is 40.5 Å². The molecule has 0 aliphatic carbocycles. The monoisotopic (exact) mass is 210 g/mol. The van der Waals surface area contributed by atoms with Crippen LogP contribution in [-0.4, -0.2) is 11.1 Å². The van der Waals surface area contributed by atoms with E-state index in [2.05, 4.69) is 27.7 Å². The van der Waals surface area contributed by atoms with Crippen molar-refractivity contribution in [3.05, 3.63) is 35.9 Å². The van der Waals surface area contributed by atoms with E-state index < -0.39 is 5.97 Å². The Balaban J connectivity index is 0. The van der Waals surface area contributed by atoms with Crippen molar-refractivity contribution in [3.63, 3.8) is 0 Å². The number of hydrogen-bond donors (Lipinski definition) is 1. The van der Waals surface area contributed by atoms with Gasteiger partial charge in [-0.25, -0.2) is 4.79 Å². The molecule has 0 amide bonds. The standard InChI is InChI=1S/C7H6O2.2C3H8/c8-7(9)6-4-2-1-3-5-6;2*1-3-2/h1-5H,(H,8,9);2*3H2,1-2H3. The van der Waals surface area contributed by atoms with Gasteiger partial charge in [-0.3, -0.25) is 0 Å². The first-order chi connectivity index (χ1) is 7.13. The summed E-state index contributed by atoms with van der Waals surface area (Å²) in [6.45, 7) is 8.50. The zero-order valence-corrected chi connectivity index (χ0v) is 10.2. The summed E-state index contributed by atoms with van der Waals surface area (Å²) >= 11 is 0. The number of aromatic carboxylic acids is 1. The maximum Gasteiger partial charge on any atom is 0.335 e. The molecule has 0 radical (unpaired) electrons. The zero-order chi connectivity index (χ0) is 12.1. The molecule has 1 N–H and O–H groups in total. The van der Waals surface area contributed by atoms with Crippen LogP contribution in [0.1, 0.15) is 50.9 Å². The summed E-state index contributed by atoms with van der Waals surface area (Å²) in [7, 11) is 0. The second kappa shape index (κ2) is 12.7. The van der Waals surface area contributed by atoms with Gasteiger partial charge in [0.2, 0.25) is 0 Å². The van der Waals surface area contributed by atoms with Gasteiger partial charge in [0.15, 0.2) is 0 Å². The van der Waals surface area contributed by atoms with E-state index in [-0.39, 0.29) is 0 Å². The van der Waals surface area contributed by atoms with Gasteiger partial charge in [0.25, 0.3) is 0 Å². The lowest BCUT2D eigenvalue weighted by atomic mass is 10.2. The number of carboxylic acid groups (broad SMARTS) is 1. The fraction of sp³-hybridized carbons (Fsp3) is 0.462. The maximum atomic E-state index is 10.2. The van der Waals surface area contributed by atoms with E-state index in [1.165, 1.54) is 12.8 Å². The molecule has 0 saturated heterocycles. The third-order valence-corrected chi connectivity index (χ3v) is 1.02. The van der Waals surface area contributed by atoms with Crippen molar-refractivity contribution in [2.75, 3.05) is 0 Å². The Labute approximate surface area is 93.0 Å². The lowest BCUT2D eigenvalue weighted by Crippen LogP contribution is -1.93. The van der Waals surface area contributed by atoms with Crippen LogP contribution in [0.3, 0.4) is 0 Å². The molecular formula is C13H22O2. The summed E-state index contributed by atoms with van der Waals surface area (Å²) < 4.78 is 0. The zero-order valence-electron chi connectivity index (χ0n) is 10.2. The van der Waals surface area contributed by atoms with Crippen LogP contribution in [0.15, 0.2) is 30.3 Å². The molecule has 0 fully saturated rings. The van der Waals surface area contributed by atoms with E-state index in [1.54, 1.807) is 30.3 Å². The minimum atomic E-state index is -0.879. The molecule has 0 unspecified atom stereocenters. The molecule has 0 bridgehead atoms. The molecule has 0 saturated carbocycles. The van der Waals surface area contributed by atoms with E-state index in [1.807, 2.05) is 0 Å². The quantitative estimate of drug-likeness (QED) is 0.753. The van der Waals surface area contributed by atoms with E-state index >= 15 is 0 Å². The summed E-state index contributed by atoms with van der Waals surface area (Å²) in [6.07, 6.45) is 2.50. The molecule has 86 valence electrons. The largest absolute Gasteiger partial charge is 0.478 e. The topological polar surface area (TPSA) is 37.3 Å². The molecule has 0 atom stereocenters. The van der Waals surface area contributed by atoms with Crippen LogP contribution in [0.5, 0.6) is 0 Å². The summed E-state index contributed by atoms with van der Waals surface area (Å²) in [4.78, 5) is 10.2. The minimum absolute atomic E-state index is 0.331. The predicted molar refractivity (Wildman–Crippen MR) is 65.3 cm³/mol. The lowest BCUT2D eigenvalue weighted by Gasteiger charge is -1.88. The summed E-state index contributed by atoms with van der Waals surface area (Å²) in [5.74, 6) is -0.879. The highest BCUT2D eigenvalue weighted by atomic mass is 16.4. The Bertz CT molecular complexity index is 228. The van der Waals surface area contributed by atoms with Crippen LogP contribution in [0.2, 0.25) is 0 Å². The highest BCUT2D eigenvalue weighted by molar-refractivity contribution is 5.87. The first-order valence-electron chi connectivity index (χ1n) is 5.42. The Hall–Kier alpha value is -1.31. The summed E-state index contributed by atoms with van der Waals surface area (Å²) in [6, 6.07) is 8.30. The molecule has 0 aliphatic heterocycles. The molecular weight excluding hydrogens is 188 g/mol. The van der Waals surface area contributed by atoms with E-state index in [0.717, 1.165) is 0 Å². The summed E-state index contributed by atoms with van der Waals surface area (Å²) in [5, 5.41) is 8.38. The van der Waals surface area contributed by atoms with Crippen LogP contribution in [0, 0.1) is 0 Å². The van der Waals surface area contributed by atoms with Crippen LogP contribution in [0.4, 0.5) is 0 Å². The fourth-order valence-electron chi connectivity index (χ4n) is 0.581. The highest BCUT2D eigenvalue weighted by Crippen LogP contribution is 1.96. The van der Waals surface area contributed by atoms with Gasteiger partial charge >= 0.3 is 5.97 Å². The highest BCUT2D eigenvalue weighted by Gasteiger charge is 1.96. The van der Waals surface area contributed by atoms with Crippen molar-refractivity contribution in [1.29, 1.82) is 0 Å². The van der Waals surface area contributed by atoms with Crippen molar-refractivity contribution in [1.82, 2.24) is 0 Å². The second-order valence-electron chi connectivity index (χ2n) is 3.09. The van der Waals surface area contributed by atoms with Crippen molar-refractivity contribution in [2.24, 2.45) is 0 Å². The Morgan fingerprint density at radius 2 is 1.33 bits per heavy atom. The van der Waals surface area contributed by atoms with Crippen LogP contribution >= 0.6 is 0 Å². The maximum absolute atomic E-state index is 10.2. The van der Waals surface area contributed by atoms with Gasteiger partial charge in [0.05, 0.1) is 5.56 Å². The molecule has 2 heteroatoms. The lowest BCUT2D eigenvalue weighted by molar-refractivity contribution is 0.0697. The molecule has 0 aliphatic rings. The van der Waals surface area contributed by atoms with Gasteiger partial charge < -0.3 is 5.11 Å². The average Bonchev–Trinajstić information content (AvgIpc) is 2.21. The number of carbonyl (C=O) groups is 1. The van der Waals surface area contributed by atoms with Crippen LogP contribution in [-0.2, 0) is 0 Å². The molecule has 1 aromatic rings. The molecule has 2 nitrogen and oxygen atoms in total. The SMILES string of the molecule is CCC.CCC.O=C(O)c1ccccc1. The molecule has 0 spiro atoms. The van der Waals surface area contributed by atoms with Gasteiger partial charge in [-0.05, 0) is 12.1 Å². The summed E-state index contributed by atoms with van der Waals surface area (Å²) in [5.41, 5.74) is 0.331.